The number of hydrogen-bond donors (Lipinski definition) is 1. The number of rotatable bonds is 0. The molecule has 0 aliphatic rings. The molecule has 0 spiro atoms. The zero-order chi connectivity index (χ0) is 3.54. The molecule has 2 nitrogen and oxygen atoms in total. The molecule has 1 heterocycles. The first kappa shape index (κ1) is 5.92. The van der Waals surface area contributed by atoms with E-state index in [4.69, 9.17) is 0 Å². The Morgan fingerprint density at radius 3 is 2.50 bits per heavy atom. The van der Waals surface area contributed by atoms with Gasteiger partial charge in [-0.2, -0.15) is 0 Å². The number of nitrogens with zero attached hydrogens (tertiary/aromatic N) is 1. The van der Waals surface area contributed by atoms with Gasteiger partial charge in [-0.25, -0.2) is 4.98 Å². The molecule has 0 unspecified atom stereocenters. The van der Waals surface area contributed by atoms with Crippen LogP contribution in [0.2, 0.25) is 0 Å². The molecular formula is C3H4N2Ti. The minimum absolute atomic E-state index is 0. The minimum Gasteiger partial charge on any atom is -0.351 e. The summed E-state index contributed by atoms with van der Waals surface area (Å²) in [6, 6.07) is 0. The van der Waals surface area contributed by atoms with Gasteiger partial charge >= 0.3 is 0 Å². The molecule has 0 fully saturated rings. The van der Waals surface area contributed by atoms with Gasteiger partial charge < -0.3 is 4.98 Å². The van der Waals surface area contributed by atoms with Crippen molar-refractivity contribution >= 4 is 0 Å². The number of imidazole rings is 1. The number of nitrogens with one attached hydrogen (secondary N) is 1. The number of aromatic amines is 1. The van der Waals surface area contributed by atoms with E-state index in [0.717, 1.165) is 0 Å². The zero-order valence-corrected chi connectivity index (χ0v) is 4.74. The second-order valence-electron chi connectivity index (χ2n) is 0.761. The quantitative estimate of drug-likeness (QED) is 0.488. The van der Waals surface area contributed by atoms with Crippen molar-refractivity contribution in [3.63, 3.8) is 0 Å². The van der Waals surface area contributed by atoms with Crippen molar-refractivity contribution in [3.8, 4) is 0 Å². The fourth-order valence-electron chi connectivity index (χ4n) is 0.215. The summed E-state index contributed by atoms with van der Waals surface area (Å²) in [7, 11) is 0. The van der Waals surface area contributed by atoms with Gasteiger partial charge in [-0.3, -0.25) is 0 Å². The second kappa shape index (κ2) is 3.13. The van der Waals surface area contributed by atoms with Crippen molar-refractivity contribution in [1.29, 1.82) is 0 Å². The largest absolute Gasteiger partial charge is 0.351 e. The average Bonchev–Trinajstić information content (AvgIpc) is 1.76. The van der Waals surface area contributed by atoms with E-state index in [2.05, 4.69) is 9.97 Å². The van der Waals surface area contributed by atoms with Crippen LogP contribution in [0.4, 0.5) is 0 Å². The smallest absolute Gasteiger partial charge is 0.0919 e. The molecule has 1 N–H and O–H groups in total. The molecular weight excluding hydrogens is 112 g/mol. The van der Waals surface area contributed by atoms with Crippen molar-refractivity contribution in [2.75, 3.05) is 0 Å². The zero-order valence-electron chi connectivity index (χ0n) is 3.18. The molecule has 0 saturated carbocycles. The Labute approximate surface area is 50.9 Å². The third-order valence-electron chi connectivity index (χ3n) is 0.406. The summed E-state index contributed by atoms with van der Waals surface area (Å²) in [5, 5.41) is 0. The minimum atomic E-state index is 0. The number of aromatic nitrogens is 2. The number of hydrogen-bond acceptors (Lipinski definition) is 1. The molecule has 0 bridgehead atoms. The SMILES string of the molecule is [Ti].c1c[nH]cn1. The van der Waals surface area contributed by atoms with E-state index in [1.54, 1.807) is 18.7 Å². The Morgan fingerprint density at radius 1 is 1.50 bits per heavy atom. The van der Waals surface area contributed by atoms with Gasteiger partial charge in [0.05, 0.1) is 6.33 Å². The molecule has 0 amide bonds. The first-order valence-corrected chi connectivity index (χ1v) is 1.43. The Bertz CT molecular complexity index is 65.3. The second-order valence-corrected chi connectivity index (χ2v) is 0.761. The van der Waals surface area contributed by atoms with Crippen LogP contribution < -0.4 is 0 Å². The first-order chi connectivity index (χ1) is 2.50. The molecule has 6 heavy (non-hydrogen) atoms. The summed E-state index contributed by atoms with van der Waals surface area (Å²) in [5.41, 5.74) is 0. The first-order valence-electron chi connectivity index (χ1n) is 1.43. The predicted octanol–water partition coefficient (Wildman–Crippen LogP) is 0.407. The summed E-state index contributed by atoms with van der Waals surface area (Å²) in [6.45, 7) is 0. The van der Waals surface area contributed by atoms with Gasteiger partial charge in [0.15, 0.2) is 0 Å². The van der Waals surface area contributed by atoms with Crippen molar-refractivity contribution < 1.29 is 21.7 Å². The van der Waals surface area contributed by atoms with Crippen LogP contribution in [0, 0.1) is 0 Å². The fraction of sp³-hybridized carbons (Fsp3) is 0. The molecule has 30 valence electrons. The average molecular weight is 116 g/mol. The number of H-pyrrole nitrogens is 1. The van der Waals surface area contributed by atoms with Gasteiger partial charge in [-0.15, -0.1) is 0 Å². The van der Waals surface area contributed by atoms with Crippen LogP contribution in [0.25, 0.3) is 0 Å². The Kier molecular flexibility index (Phi) is 3.09. The van der Waals surface area contributed by atoms with E-state index in [1.165, 1.54) is 0 Å². The Balaban J connectivity index is 0.000000250. The standard InChI is InChI=1S/C3H4N2.Ti/c1-2-5-3-4-1;/h1-3H,(H,4,5);. The maximum absolute atomic E-state index is 3.67. The van der Waals surface area contributed by atoms with Gasteiger partial charge in [-0.05, 0) is 0 Å². The molecule has 1 rings (SSSR count). The molecule has 0 radical (unpaired) electrons. The van der Waals surface area contributed by atoms with Crippen molar-refractivity contribution in [3.05, 3.63) is 18.7 Å². The predicted molar refractivity (Wildman–Crippen MR) is 18.6 cm³/mol. The van der Waals surface area contributed by atoms with Gasteiger partial charge in [-0.1, -0.05) is 0 Å². The molecule has 0 atom stereocenters. The summed E-state index contributed by atoms with van der Waals surface area (Å²) < 4.78 is 0. The van der Waals surface area contributed by atoms with Crippen LogP contribution in [0.3, 0.4) is 0 Å². The Hall–Kier alpha value is -0.0757. The van der Waals surface area contributed by atoms with Crippen LogP contribution in [0.1, 0.15) is 0 Å². The molecule has 0 aliphatic carbocycles. The summed E-state index contributed by atoms with van der Waals surface area (Å²) in [4.78, 5) is 6.42. The van der Waals surface area contributed by atoms with E-state index in [-0.39, 0.29) is 21.7 Å². The third-order valence-corrected chi connectivity index (χ3v) is 0.406. The Morgan fingerprint density at radius 2 is 2.33 bits per heavy atom. The third kappa shape index (κ3) is 1.38. The monoisotopic (exact) mass is 116 g/mol. The van der Waals surface area contributed by atoms with Gasteiger partial charge in [0, 0.05) is 34.1 Å². The van der Waals surface area contributed by atoms with Crippen LogP contribution in [0.5, 0.6) is 0 Å². The van der Waals surface area contributed by atoms with Crippen molar-refractivity contribution in [1.82, 2.24) is 9.97 Å². The van der Waals surface area contributed by atoms with Gasteiger partial charge in [0.2, 0.25) is 0 Å². The maximum Gasteiger partial charge on any atom is 0.0919 e. The van der Waals surface area contributed by atoms with E-state index < -0.39 is 0 Å². The van der Waals surface area contributed by atoms with Crippen LogP contribution in [0.15, 0.2) is 18.7 Å². The van der Waals surface area contributed by atoms with Gasteiger partial charge in [0.25, 0.3) is 0 Å². The van der Waals surface area contributed by atoms with Crippen LogP contribution in [-0.2, 0) is 21.7 Å². The van der Waals surface area contributed by atoms with Gasteiger partial charge in [0.1, 0.15) is 0 Å². The van der Waals surface area contributed by atoms with Crippen LogP contribution >= 0.6 is 0 Å². The molecule has 0 aromatic carbocycles. The van der Waals surface area contributed by atoms with E-state index in [1.807, 2.05) is 0 Å². The molecule has 3 heteroatoms. The maximum atomic E-state index is 3.67. The van der Waals surface area contributed by atoms with Crippen molar-refractivity contribution in [2.24, 2.45) is 0 Å². The fourth-order valence-corrected chi connectivity index (χ4v) is 0.215. The molecule has 0 saturated heterocycles. The molecule has 1 aromatic heterocycles. The summed E-state index contributed by atoms with van der Waals surface area (Å²) in [5.74, 6) is 0. The van der Waals surface area contributed by atoms with Crippen molar-refractivity contribution in [2.45, 2.75) is 0 Å². The van der Waals surface area contributed by atoms with E-state index in [9.17, 15) is 0 Å². The van der Waals surface area contributed by atoms with E-state index >= 15 is 0 Å². The summed E-state index contributed by atoms with van der Waals surface area (Å²) >= 11 is 0. The van der Waals surface area contributed by atoms with Crippen LogP contribution in [-0.4, -0.2) is 9.97 Å². The normalized spacial score (nSPS) is 6.67. The summed E-state index contributed by atoms with van der Waals surface area (Å²) in [6.07, 6.45) is 5.08. The van der Waals surface area contributed by atoms with E-state index in [0.29, 0.717) is 0 Å². The topological polar surface area (TPSA) is 28.7 Å². The molecule has 0 aliphatic heterocycles. The molecule has 1 aromatic rings.